The normalized spacial score (nSPS) is 10.0. The molecule has 0 aliphatic carbocycles. The zero-order chi connectivity index (χ0) is 14.5. The number of hydrogen-bond acceptors (Lipinski definition) is 6. The number of rotatable bonds is 5. The van der Waals surface area contributed by atoms with E-state index in [1.807, 2.05) is 0 Å². The molecule has 8 nitrogen and oxygen atoms in total. The van der Waals surface area contributed by atoms with Crippen LogP contribution in [-0.2, 0) is 6.54 Å². The maximum absolute atomic E-state index is 10.5. The molecule has 20 heavy (non-hydrogen) atoms. The predicted octanol–water partition coefficient (Wildman–Crippen LogP) is 2.51. The lowest BCUT2D eigenvalue weighted by Gasteiger charge is -2.04. The average molecular weight is 274 g/mol. The van der Waals surface area contributed by atoms with Crippen LogP contribution < -0.4 is 5.32 Å². The molecule has 1 aromatic heterocycles. The van der Waals surface area contributed by atoms with E-state index in [-0.39, 0.29) is 11.5 Å². The summed E-state index contributed by atoms with van der Waals surface area (Å²) < 4.78 is 0. The summed E-state index contributed by atoms with van der Waals surface area (Å²) in [7, 11) is 0. The van der Waals surface area contributed by atoms with Gasteiger partial charge >= 0.3 is 5.82 Å². The van der Waals surface area contributed by atoms with Gasteiger partial charge < -0.3 is 15.4 Å². The third-order valence-corrected chi connectivity index (χ3v) is 2.58. The molecule has 0 fully saturated rings. The van der Waals surface area contributed by atoms with Crippen molar-refractivity contribution in [2.75, 3.05) is 5.32 Å². The fourth-order valence-electron chi connectivity index (χ4n) is 1.54. The molecule has 0 aliphatic heterocycles. The van der Waals surface area contributed by atoms with Gasteiger partial charge in [0.05, 0.1) is 10.6 Å². The number of benzene rings is 1. The molecule has 0 radical (unpaired) electrons. The Morgan fingerprint density at radius 2 is 1.70 bits per heavy atom. The summed E-state index contributed by atoms with van der Waals surface area (Å²) >= 11 is 0. The van der Waals surface area contributed by atoms with E-state index >= 15 is 0 Å². The van der Waals surface area contributed by atoms with E-state index < -0.39 is 9.85 Å². The number of nitrogens with zero attached hydrogens (tertiary/aromatic N) is 3. The monoisotopic (exact) mass is 274 g/mol. The summed E-state index contributed by atoms with van der Waals surface area (Å²) in [6.45, 7) is 0.442. The Labute approximate surface area is 113 Å². The number of non-ortho nitro benzene ring substituents is 1. The highest BCUT2D eigenvalue weighted by molar-refractivity contribution is 5.44. The van der Waals surface area contributed by atoms with Crippen molar-refractivity contribution in [3.63, 3.8) is 0 Å². The van der Waals surface area contributed by atoms with E-state index in [1.54, 1.807) is 18.2 Å². The number of hydrogen-bond donors (Lipinski definition) is 1. The highest BCUT2D eigenvalue weighted by Crippen LogP contribution is 2.15. The van der Waals surface area contributed by atoms with Gasteiger partial charge in [-0.2, -0.15) is 0 Å². The lowest BCUT2D eigenvalue weighted by molar-refractivity contribution is -0.389. The SMILES string of the molecule is O=[N+]([O-])c1ccc(CNc2ccc([N+](=O)[O-])nc2)cc1. The summed E-state index contributed by atoms with van der Waals surface area (Å²) in [6.07, 6.45) is 1.36. The number of aromatic nitrogens is 1. The molecule has 102 valence electrons. The van der Waals surface area contributed by atoms with Gasteiger partial charge in [0.2, 0.25) is 0 Å². The van der Waals surface area contributed by atoms with Crippen LogP contribution in [0.1, 0.15) is 5.56 Å². The van der Waals surface area contributed by atoms with Crippen LogP contribution >= 0.6 is 0 Å². The van der Waals surface area contributed by atoms with E-state index in [1.165, 1.54) is 24.4 Å². The Bertz CT molecular complexity index is 567. The van der Waals surface area contributed by atoms with Crippen LogP contribution in [0.5, 0.6) is 0 Å². The van der Waals surface area contributed by atoms with Gasteiger partial charge in [0.15, 0.2) is 6.20 Å². The minimum Gasteiger partial charge on any atom is -0.378 e. The molecule has 2 rings (SSSR count). The van der Waals surface area contributed by atoms with E-state index in [0.29, 0.717) is 12.2 Å². The summed E-state index contributed by atoms with van der Waals surface area (Å²) in [6, 6.07) is 8.98. The molecule has 0 bridgehead atoms. The van der Waals surface area contributed by atoms with Crippen molar-refractivity contribution in [2.24, 2.45) is 0 Å². The topological polar surface area (TPSA) is 111 Å². The first-order chi connectivity index (χ1) is 9.56. The van der Waals surface area contributed by atoms with Crippen molar-refractivity contribution in [3.8, 4) is 0 Å². The lowest BCUT2D eigenvalue weighted by Crippen LogP contribution is -2.00. The van der Waals surface area contributed by atoms with E-state index in [4.69, 9.17) is 0 Å². The smallest absolute Gasteiger partial charge is 0.363 e. The highest BCUT2D eigenvalue weighted by Gasteiger charge is 2.07. The molecule has 0 aliphatic rings. The Hall–Kier alpha value is -3.03. The Balaban J connectivity index is 1.97. The van der Waals surface area contributed by atoms with Crippen LogP contribution in [0.25, 0.3) is 0 Å². The molecule has 0 saturated carbocycles. The second-order valence-corrected chi connectivity index (χ2v) is 3.94. The molecule has 0 spiro atoms. The highest BCUT2D eigenvalue weighted by atomic mass is 16.6. The predicted molar refractivity (Wildman–Crippen MR) is 71.3 cm³/mol. The molecule has 1 heterocycles. The van der Waals surface area contributed by atoms with Crippen LogP contribution in [0.2, 0.25) is 0 Å². The number of nitro benzene ring substituents is 1. The minimum atomic E-state index is -0.569. The first kappa shape index (κ1) is 13.4. The van der Waals surface area contributed by atoms with E-state index in [0.717, 1.165) is 5.56 Å². The van der Waals surface area contributed by atoms with E-state index in [2.05, 4.69) is 10.3 Å². The largest absolute Gasteiger partial charge is 0.378 e. The molecule has 0 saturated heterocycles. The maximum Gasteiger partial charge on any atom is 0.363 e. The summed E-state index contributed by atoms with van der Waals surface area (Å²) in [5.41, 5.74) is 1.52. The van der Waals surface area contributed by atoms with Gasteiger partial charge in [-0.15, -0.1) is 0 Å². The van der Waals surface area contributed by atoms with Crippen molar-refractivity contribution in [3.05, 3.63) is 68.4 Å². The number of anilines is 1. The van der Waals surface area contributed by atoms with Crippen LogP contribution in [0, 0.1) is 20.2 Å². The lowest BCUT2D eigenvalue weighted by atomic mass is 10.2. The standard InChI is InChI=1S/C12H10N4O4/c17-15(18)11-4-1-9(2-5-11)7-13-10-3-6-12(14-8-10)16(19)20/h1-6,8,13H,7H2. The number of nitrogens with one attached hydrogen (secondary N) is 1. The molecular weight excluding hydrogens is 264 g/mol. The first-order valence-corrected chi connectivity index (χ1v) is 5.64. The van der Waals surface area contributed by atoms with Crippen molar-refractivity contribution in [1.29, 1.82) is 0 Å². The molecule has 8 heteroatoms. The van der Waals surface area contributed by atoms with Crippen molar-refractivity contribution in [1.82, 2.24) is 4.98 Å². The fraction of sp³-hybridized carbons (Fsp3) is 0.0833. The van der Waals surface area contributed by atoms with Crippen molar-refractivity contribution in [2.45, 2.75) is 6.54 Å². The molecule has 0 amide bonds. The molecule has 0 atom stereocenters. The Kier molecular flexibility index (Phi) is 3.85. The van der Waals surface area contributed by atoms with Gasteiger partial charge in [0.25, 0.3) is 5.69 Å². The summed E-state index contributed by atoms with van der Waals surface area (Å²) in [5.74, 6) is -0.217. The third kappa shape index (κ3) is 3.25. The van der Waals surface area contributed by atoms with E-state index in [9.17, 15) is 20.2 Å². The van der Waals surface area contributed by atoms with Crippen molar-refractivity contribution < 1.29 is 9.85 Å². The molecule has 0 unspecified atom stereocenters. The van der Waals surface area contributed by atoms with Crippen LogP contribution in [0.3, 0.4) is 0 Å². The van der Waals surface area contributed by atoms with Gasteiger partial charge in [-0.25, -0.2) is 0 Å². The molecule has 2 aromatic rings. The second-order valence-electron chi connectivity index (χ2n) is 3.94. The summed E-state index contributed by atoms with van der Waals surface area (Å²) in [5, 5.41) is 24.0. The first-order valence-electron chi connectivity index (χ1n) is 5.64. The van der Waals surface area contributed by atoms with Gasteiger partial charge in [-0.05, 0) is 21.5 Å². The van der Waals surface area contributed by atoms with Gasteiger partial charge in [0.1, 0.15) is 0 Å². The average Bonchev–Trinajstić information content (AvgIpc) is 2.46. The van der Waals surface area contributed by atoms with Gasteiger partial charge in [-0.1, -0.05) is 12.1 Å². The third-order valence-electron chi connectivity index (χ3n) is 2.58. The van der Waals surface area contributed by atoms with Crippen molar-refractivity contribution >= 4 is 17.2 Å². The molecule has 1 aromatic carbocycles. The zero-order valence-electron chi connectivity index (χ0n) is 10.2. The van der Waals surface area contributed by atoms with Gasteiger partial charge in [-0.3, -0.25) is 10.1 Å². The fourth-order valence-corrected chi connectivity index (χ4v) is 1.54. The van der Waals surface area contributed by atoms with Crippen LogP contribution in [0.15, 0.2) is 42.6 Å². The Morgan fingerprint density at radius 1 is 1.00 bits per heavy atom. The number of nitro groups is 2. The van der Waals surface area contributed by atoms with Crippen LogP contribution in [-0.4, -0.2) is 14.8 Å². The number of pyridine rings is 1. The minimum absolute atomic E-state index is 0.0331. The zero-order valence-corrected chi connectivity index (χ0v) is 10.2. The molecular formula is C12H10N4O4. The second kappa shape index (κ2) is 5.74. The van der Waals surface area contributed by atoms with Gasteiger partial charge in [0, 0.05) is 24.7 Å². The maximum atomic E-state index is 10.5. The quantitative estimate of drug-likeness (QED) is 0.662. The molecule has 1 N–H and O–H groups in total. The summed E-state index contributed by atoms with van der Waals surface area (Å²) in [4.78, 5) is 23.6. The van der Waals surface area contributed by atoms with Crippen LogP contribution in [0.4, 0.5) is 17.2 Å². The Morgan fingerprint density at radius 3 is 2.20 bits per heavy atom.